The molecule has 0 aliphatic rings. The summed E-state index contributed by atoms with van der Waals surface area (Å²) in [5, 5.41) is 0. The van der Waals surface area contributed by atoms with E-state index in [2.05, 4.69) is 9.72 Å². The van der Waals surface area contributed by atoms with E-state index in [4.69, 9.17) is 11.5 Å². The predicted molar refractivity (Wildman–Crippen MR) is 39.7 cm³/mol. The molecule has 6 heteroatoms. The second-order valence-corrected chi connectivity index (χ2v) is 1.99. The SMILES string of the molecule is Nc1nccc(OC(F)F)c1N. The maximum atomic E-state index is 11.7. The van der Waals surface area contributed by atoms with Crippen molar-refractivity contribution in [1.82, 2.24) is 4.98 Å². The molecule has 1 aromatic rings. The second kappa shape index (κ2) is 3.21. The smallest absolute Gasteiger partial charge is 0.387 e. The Morgan fingerprint density at radius 3 is 2.67 bits per heavy atom. The molecule has 0 radical (unpaired) electrons. The molecule has 66 valence electrons. The Hall–Kier alpha value is -1.59. The minimum absolute atomic E-state index is 0.0202. The van der Waals surface area contributed by atoms with Crippen LogP contribution in [-0.2, 0) is 0 Å². The lowest BCUT2D eigenvalue weighted by Gasteiger charge is -2.07. The summed E-state index contributed by atoms with van der Waals surface area (Å²) < 4.78 is 27.4. The summed E-state index contributed by atoms with van der Waals surface area (Å²) in [5.41, 5.74) is 10.4. The van der Waals surface area contributed by atoms with Crippen molar-refractivity contribution in [2.75, 3.05) is 11.5 Å². The quantitative estimate of drug-likeness (QED) is 0.698. The van der Waals surface area contributed by atoms with Crippen LogP contribution < -0.4 is 16.2 Å². The lowest BCUT2D eigenvalue weighted by Crippen LogP contribution is -2.06. The molecule has 0 spiro atoms. The minimum atomic E-state index is -2.91. The summed E-state index contributed by atoms with van der Waals surface area (Å²) in [4.78, 5) is 3.57. The largest absolute Gasteiger partial charge is 0.432 e. The molecule has 0 aliphatic heterocycles. The minimum Gasteiger partial charge on any atom is -0.432 e. The van der Waals surface area contributed by atoms with E-state index in [-0.39, 0.29) is 17.3 Å². The molecule has 1 rings (SSSR count). The fraction of sp³-hybridized carbons (Fsp3) is 0.167. The van der Waals surface area contributed by atoms with Crippen molar-refractivity contribution in [3.63, 3.8) is 0 Å². The number of nitrogens with zero attached hydrogens (tertiary/aromatic N) is 1. The van der Waals surface area contributed by atoms with Crippen LogP contribution >= 0.6 is 0 Å². The van der Waals surface area contributed by atoms with E-state index in [1.807, 2.05) is 0 Å². The molecule has 0 saturated heterocycles. The lowest BCUT2D eigenvalue weighted by molar-refractivity contribution is -0.0493. The Morgan fingerprint density at radius 1 is 1.42 bits per heavy atom. The van der Waals surface area contributed by atoms with Crippen LogP contribution in [0.2, 0.25) is 0 Å². The topological polar surface area (TPSA) is 74.2 Å². The van der Waals surface area contributed by atoms with Crippen LogP contribution in [0.4, 0.5) is 20.3 Å². The molecule has 12 heavy (non-hydrogen) atoms. The van der Waals surface area contributed by atoms with Crippen LogP contribution in [0.25, 0.3) is 0 Å². The number of ether oxygens (including phenoxy) is 1. The van der Waals surface area contributed by atoms with Gasteiger partial charge in [-0.1, -0.05) is 0 Å². The van der Waals surface area contributed by atoms with Gasteiger partial charge < -0.3 is 16.2 Å². The fourth-order valence-electron chi connectivity index (χ4n) is 0.670. The van der Waals surface area contributed by atoms with Gasteiger partial charge in [0.05, 0.1) is 0 Å². The molecule has 4 N–H and O–H groups in total. The maximum Gasteiger partial charge on any atom is 0.387 e. The Balaban J connectivity index is 2.92. The molecule has 1 heterocycles. The van der Waals surface area contributed by atoms with E-state index >= 15 is 0 Å². The van der Waals surface area contributed by atoms with Crippen LogP contribution in [0.15, 0.2) is 12.3 Å². The van der Waals surface area contributed by atoms with E-state index in [1.54, 1.807) is 0 Å². The van der Waals surface area contributed by atoms with Crippen LogP contribution in [0.1, 0.15) is 0 Å². The molecule has 0 saturated carbocycles. The van der Waals surface area contributed by atoms with Crippen molar-refractivity contribution >= 4 is 11.5 Å². The Kier molecular flexibility index (Phi) is 2.27. The fourth-order valence-corrected chi connectivity index (χ4v) is 0.670. The highest BCUT2D eigenvalue weighted by atomic mass is 19.3. The Labute approximate surface area is 67.1 Å². The summed E-state index contributed by atoms with van der Waals surface area (Å²) in [6, 6.07) is 1.22. The Morgan fingerprint density at radius 2 is 2.08 bits per heavy atom. The number of aromatic nitrogens is 1. The van der Waals surface area contributed by atoms with Crippen molar-refractivity contribution in [2.24, 2.45) is 0 Å². The third-order valence-electron chi connectivity index (χ3n) is 1.20. The molecule has 0 fully saturated rings. The number of rotatable bonds is 2. The number of alkyl halides is 2. The van der Waals surface area contributed by atoms with Crippen LogP contribution in [0.3, 0.4) is 0 Å². The van der Waals surface area contributed by atoms with Crippen molar-refractivity contribution in [2.45, 2.75) is 6.61 Å². The van der Waals surface area contributed by atoms with Crippen molar-refractivity contribution in [3.05, 3.63) is 12.3 Å². The molecule has 0 bridgehead atoms. The number of hydrogen-bond acceptors (Lipinski definition) is 4. The zero-order valence-electron chi connectivity index (χ0n) is 6.00. The highest BCUT2D eigenvalue weighted by Crippen LogP contribution is 2.25. The number of hydrogen-bond donors (Lipinski definition) is 2. The first kappa shape index (κ1) is 8.51. The van der Waals surface area contributed by atoms with Gasteiger partial charge in [-0.2, -0.15) is 8.78 Å². The molecule has 0 amide bonds. The lowest BCUT2D eigenvalue weighted by atomic mass is 10.3. The first-order valence-electron chi connectivity index (χ1n) is 3.06. The first-order chi connectivity index (χ1) is 5.61. The van der Waals surface area contributed by atoms with Crippen molar-refractivity contribution in [1.29, 1.82) is 0 Å². The average molecular weight is 175 g/mol. The molecule has 0 aliphatic carbocycles. The van der Waals surface area contributed by atoms with E-state index in [9.17, 15) is 8.78 Å². The van der Waals surface area contributed by atoms with Crippen molar-refractivity contribution < 1.29 is 13.5 Å². The van der Waals surface area contributed by atoms with E-state index < -0.39 is 6.61 Å². The summed E-state index contributed by atoms with van der Waals surface area (Å²) in [5.74, 6) is -0.175. The third kappa shape index (κ3) is 1.71. The summed E-state index contributed by atoms with van der Waals surface area (Å²) in [6.45, 7) is -2.91. The number of pyridine rings is 1. The molecular weight excluding hydrogens is 168 g/mol. The number of nitrogen functional groups attached to an aromatic ring is 2. The Bertz CT molecular complexity index is 279. The van der Waals surface area contributed by atoms with Gasteiger partial charge in [0.15, 0.2) is 5.75 Å². The highest BCUT2D eigenvalue weighted by Gasteiger charge is 2.09. The van der Waals surface area contributed by atoms with Gasteiger partial charge in [-0.3, -0.25) is 0 Å². The summed E-state index contributed by atoms with van der Waals surface area (Å²) in [6.07, 6.45) is 1.24. The van der Waals surface area contributed by atoms with Gasteiger partial charge in [0, 0.05) is 12.3 Å². The molecule has 0 unspecified atom stereocenters. The van der Waals surface area contributed by atoms with E-state index in [0.29, 0.717) is 0 Å². The van der Waals surface area contributed by atoms with Crippen LogP contribution in [0, 0.1) is 0 Å². The van der Waals surface area contributed by atoms with Gasteiger partial charge in [-0.25, -0.2) is 4.98 Å². The highest BCUT2D eigenvalue weighted by molar-refractivity contribution is 5.66. The zero-order chi connectivity index (χ0) is 9.14. The maximum absolute atomic E-state index is 11.7. The number of anilines is 2. The summed E-state index contributed by atoms with van der Waals surface area (Å²) in [7, 11) is 0. The van der Waals surface area contributed by atoms with Crippen LogP contribution in [0.5, 0.6) is 5.75 Å². The normalized spacial score (nSPS) is 10.2. The average Bonchev–Trinajstić information content (AvgIpc) is 1.98. The van der Waals surface area contributed by atoms with Crippen molar-refractivity contribution in [3.8, 4) is 5.75 Å². The standard InChI is InChI=1S/C6H7F2N3O/c7-6(8)12-3-1-2-11-5(10)4(3)9/h1-2,6H,9H2,(H2,10,11). The number of nitrogens with two attached hydrogens (primary N) is 2. The van der Waals surface area contributed by atoms with Gasteiger partial charge in [-0.05, 0) is 0 Å². The molecule has 1 aromatic heterocycles. The molecular formula is C6H7F2N3O. The third-order valence-corrected chi connectivity index (χ3v) is 1.20. The monoisotopic (exact) mass is 175 g/mol. The van der Waals surface area contributed by atoms with Gasteiger partial charge >= 0.3 is 6.61 Å². The molecule has 4 nitrogen and oxygen atoms in total. The van der Waals surface area contributed by atoms with Gasteiger partial charge in [0.25, 0.3) is 0 Å². The second-order valence-electron chi connectivity index (χ2n) is 1.99. The van der Waals surface area contributed by atoms with Gasteiger partial charge in [-0.15, -0.1) is 0 Å². The van der Waals surface area contributed by atoms with Gasteiger partial charge in [0.1, 0.15) is 11.5 Å². The summed E-state index contributed by atoms with van der Waals surface area (Å²) >= 11 is 0. The van der Waals surface area contributed by atoms with Gasteiger partial charge in [0.2, 0.25) is 0 Å². The molecule has 0 atom stereocenters. The predicted octanol–water partition coefficient (Wildman–Crippen LogP) is 0.847. The van der Waals surface area contributed by atoms with Crippen LogP contribution in [-0.4, -0.2) is 11.6 Å². The van der Waals surface area contributed by atoms with E-state index in [0.717, 1.165) is 0 Å². The molecule has 0 aromatic carbocycles. The zero-order valence-corrected chi connectivity index (χ0v) is 6.00. The number of halogens is 2. The van der Waals surface area contributed by atoms with E-state index in [1.165, 1.54) is 12.3 Å². The first-order valence-corrected chi connectivity index (χ1v) is 3.06.